The van der Waals surface area contributed by atoms with E-state index in [1.54, 1.807) is 0 Å². The Hall–Kier alpha value is -2.79. The highest BCUT2D eigenvalue weighted by Gasteiger charge is 2.94. The van der Waals surface area contributed by atoms with Crippen LogP contribution in [0.2, 0.25) is 0 Å². The first kappa shape index (κ1) is 54.2. The van der Waals surface area contributed by atoms with E-state index in [0.717, 1.165) is 0 Å². The molecule has 36 heteroatoms. The van der Waals surface area contributed by atoms with Gasteiger partial charge in [0.15, 0.2) is 13.2 Å². The Morgan fingerprint density at radius 1 is 0.474 bits per heavy atom. The van der Waals surface area contributed by atoms with Crippen molar-refractivity contribution in [2.75, 3.05) is 19.0 Å². The summed E-state index contributed by atoms with van der Waals surface area (Å²) in [6.45, 7) is -7.64. The molecule has 0 radical (unpaired) electrons. The van der Waals surface area contributed by atoms with Gasteiger partial charge in [0.25, 0.3) is 0 Å². The Morgan fingerprint density at radius 3 is 1.11 bits per heavy atom. The van der Waals surface area contributed by atoms with Crippen molar-refractivity contribution < 1.29 is 157 Å². The maximum absolute atomic E-state index is 14.1. The molecule has 0 spiro atoms. The van der Waals surface area contributed by atoms with Gasteiger partial charge in [-0.15, -0.1) is 4.33 Å². The highest BCUT2D eigenvalue weighted by molar-refractivity contribution is 7.94. The number of hydrogen-bond donors (Lipinski definition) is 1. The van der Waals surface area contributed by atoms with Crippen molar-refractivity contribution in [1.82, 2.24) is 0 Å². The van der Waals surface area contributed by atoms with Gasteiger partial charge in [0.1, 0.15) is 0 Å². The number of rotatable bonds is 23. The summed E-state index contributed by atoms with van der Waals surface area (Å²) in [7, 11) is 0. The van der Waals surface area contributed by atoms with Gasteiger partial charge >= 0.3 is 95.9 Å². The quantitative estimate of drug-likeness (QED) is 0.0271. The summed E-state index contributed by atoms with van der Waals surface area (Å²) in [5, 5.41) is 10.8. The zero-order chi connectivity index (χ0) is 46.3. The summed E-state index contributed by atoms with van der Waals surface area (Å²) in [6, 6.07) is 0. The van der Waals surface area contributed by atoms with Crippen molar-refractivity contribution >= 4 is 24.0 Å². The monoisotopic (exact) mass is 940 g/mol. The lowest BCUT2D eigenvalue weighted by Crippen LogP contribution is -2.74. The van der Waals surface area contributed by atoms with Gasteiger partial charge in [-0.3, -0.25) is 9.59 Å². The first-order valence-corrected chi connectivity index (χ1v) is 13.8. The molecule has 0 fully saturated rings. The van der Waals surface area contributed by atoms with E-state index in [0.29, 0.717) is 0 Å². The Balaban J connectivity index is 6.38. The first-order chi connectivity index (χ1) is 24.8. The molecule has 0 bridgehead atoms. The third-order valence-corrected chi connectivity index (χ3v) is 7.27. The van der Waals surface area contributed by atoms with Gasteiger partial charge < -0.3 is 9.47 Å². The molecule has 1 unspecified atom stereocenters. The predicted molar refractivity (Wildman–Crippen MR) is 119 cm³/mol. The average Bonchev–Trinajstić information content (AvgIpc) is 3.04. The maximum Gasteiger partial charge on any atom is 0.385 e. The van der Waals surface area contributed by atoms with E-state index in [1.165, 1.54) is 0 Å². The third kappa shape index (κ3) is 9.04. The second-order valence-electron chi connectivity index (χ2n) is 10.4. The molecule has 0 rings (SSSR count). The van der Waals surface area contributed by atoms with Crippen molar-refractivity contribution in [2.24, 2.45) is 5.92 Å². The molecule has 1 atom stereocenters. The Kier molecular flexibility index (Phi) is 15.9. The Labute approximate surface area is 296 Å². The van der Waals surface area contributed by atoms with E-state index in [9.17, 15) is 133 Å². The van der Waals surface area contributed by atoms with Crippen LogP contribution in [0.1, 0.15) is 6.42 Å². The van der Waals surface area contributed by atoms with E-state index in [4.69, 9.17) is 5.26 Å². The largest absolute Gasteiger partial charge is 0.459 e. The van der Waals surface area contributed by atoms with E-state index in [-0.39, 0.29) is 0 Å². The maximum atomic E-state index is 14.1. The molecule has 0 aromatic heterocycles. The molecule has 57 heavy (non-hydrogen) atoms. The topological polar surface area (TPSA) is 91.3 Å². The zero-order valence-corrected chi connectivity index (χ0v) is 26.3. The Morgan fingerprint density at radius 2 is 0.772 bits per heavy atom. The molecular formula is C21H12F28O7S. The standard InChI is InChI=1S/C21H12F28O7S/c22-8(23)12(30,31)16(38,39)18(42,43)14(34,35)10(26,27)3-53-6(50)1-5(2-57-56-55-52)7(51)54-4-11(28,29)15(36,37)19(44,45)21(48,49)20(46,47)17(40,41)13(32,33)9(24)25/h5,8-9,52H,1-4H2. The first-order valence-electron chi connectivity index (χ1n) is 12.9. The van der Waals surface area contributed by atoms with Gasteiger partial charge in [0.2, 0.25) is 0 Å². The summed E-state index contributed by atoms with van der Waals surface area (Å²) in [6.07, 6.45) is -14.4. The van der Waals surface area contributed by atoms with Crippen LogP contribution in [0.25, 0.3) is 0 Å². The highest BCUT2D eigenvalue weighted by Crippen LogP contribution is 2.63. The van der Waals surface area contributed by atoms with Crippen LogP contribution in [0, 0.1) is 5.92 Å². The van der Waals surface area contributed by atoms with E-state index in [2.05, 4.69) is 18.8 Å². The summed E-state index contributed by atoms with van der Waals surface area (Å²) >= 11 is -0.662. The normalized spacial score (nSPS) is 16.0. The fourth-order valence-corrected chi connectivity index (χ4v) is 3.69. The predicted octanol–water partition coefficient (Wildman–Crippen LogP) is 9.30. The molecule has 0 aromatic carbocycles. The lowest BCUT2D eigenvalue weighted by atomic mass is 9.89. The van der Waals surface area contributed by atoms with Gasteiger partial charge in [-0.1, -0.05) is 5.04 Å². The fraction of sp³-hybridized carbons (Fsp3) is 0.905. The molecule has 0 aliphatic rings. The number of alkyl halides is 28. The minimum Gasteiger partial charge on any atom is -0.459 e. The van der Waals surface area contributed by atoms with Gasteiger partial charge in [0, 0.05) is 17.8 Å². The van der Waals surface area contributed by atoms with Crippen LogP contribution in [0.5, 0.6) is 0 Å². The van der Waals surface area contributed by atoms with E-state index < -0.39 is 139 Å². The summed E-state index contributed by atoms with van der Waals surface area (Å²) in [5.41, 5.74) is 0. The summed E-state index contributed by atoms with van der Waals surface area (Å²) < 4.78 is 384. The van der Waals surface area contributed by atoms with Crippen molar-refractivity contribution in [1.29, 1.82) is 0 Å². The second kappa shape index (κ2) is 16.7. The van der Waals surface area contributed by atoms with Crippen molar-refractivity contribution in [3.8, 4) is 0 Å². The molecule has 0 amide bonds. The third-order valence-electron chi connectivity index (χ3n) is 6.57. The molecule has 0 aliphatic carbocycles. The van der Waals surface area contributed by atoms with Crippen LogP contribution >= 0.6 is 12.0 Å². The molecule has 0 aromatic rings. The molecule has 1 N–H and O–H groups in total. The van der Waals surface area contributed by atoms with E-state index >= 15 is 0 Å². The smallest absolute Gasteiger partial charge is 0.385 e. The van der Waals surface area contributed by atoms with Crippen LogP contribution in [-0.4, -0.2) is 120 Å². The van der Waals surface area contributed by atoms with E-state index in [1.807, 2.05) is 0 Å². The van der Waals surface area contributed by atoms with Crippen molar-refractivity contribution in [3.05, 3.63) is 0 Å². The fourth-order valence-electron chi connectivity index (χ4n) is 3.17. The number of esters is 2. The molecule has 0 saturated carbocycles. The molecule has 0 saturated heterocycles. The van der Waals surface area contributed by atoms with Crippen LogP contribution in [0.15, 0.2) is 0 Å². The number of halogens is 28. The molecular weight excluding hydrogens is 928 g/mol. The van der Waals surface area contributed by atoms with Crippen LogP contribution in [0.4, 0.5) is 123 Å². The van der Waals surface area contributed by atoms with Gasteiger partial charge in [-0.25, -0.2) is 22.8 Å². The lowest BCUT2D eigenvalue weighted by molar-refractivity contribution is -0.447. The zero-order valence-electron chi connectivity index (χ0n) is 25.4. The molecule has 0 heterocycles. The number of carbonyl (C=O) groups is 2. The minimum atomic E-state index is -8.90. The lowest BCUT2D eigenvalue weighted by Gasteiger charge is -2.42. The van der Waals surface area contributed by atoms with Gasteiger partial charge in [-0.2, -0.15) is 105 Å². The average molecular weight is 940 g/mol. The molecule has 0 aliphatic heterocycles. The SMILES string of the molecule is O=C(CC(CSOOO)C(=O)OCC(F)(F)C(F)(F)C(F)(F)C(F)(F)C(F)(F)C(F)(F)C(F)(F)C(F)F)OCC(F)(F)C(F)(F)C(F)(F)C(F)(F)C(F)(F)C(F)F. The van der Waals surface area contributed by atoms with Gasteiger partial charge in [-0.05, 0) is 0 Å². The molecule has 7 nitrogen and oxygen atoms in total. The number of ether oxygens (including phenoxy) is 2. The highest BCUT2D eigenvalue weighted by atomic mass is 32.2. The van der Waals surface area contributed by atoms with Crippen LogP contribution < -0.4 is 0 Å². The van der Waals surface area contributed by atoms with Crippen molar-refractivity contribution in [2.45, 2.75) is 90.3 Å². The molecule has 340 valence electrons. The summed E-state index contributed by atoms with van der Waals surface area (Å²) in [4.78, 5) is 23.8. The number of hydrogen-bond acceptors (Lipinski definition) is 8. The van der Waals surface area contributed by atoms with Crippen LogP contribution in [-0.2, 0) is 28.4 Å². The Bertz CT molecular complexity index is 1390. The van der Waals surface area contributed by atoms with Gasteiger partial charge in [0.05, 0.1) is 12.3 Å². The minimum absolute atomic E-state index is 0.662. The number of carbonyl (C=O) groups excluding carboxylic acids is 2. The van der Waals surface area contributed by atoms with Crippen molar-refractivity contribution in [3.63, 3.8) is 0 Å². The second-order valence-corrected chi connectivity index (χ2v) is 11.2. The van der Waals surface area contributed by atoms with Crippen LogP contribution in [0.3, 0.4) is 0 Å². The summed E-state index contributed by atoms with van der Waals surface area (Å²) in [5.74, 6) is -108.